The maximum absolute atomic E-state index is 13.8. The molecule has 2 amide bonds. The zero-order chi connectivity index (χ0) is 20.8. The molecule has 2 aromatic carbocycles. The molecule has 0 radical (unpaired) electrons. The van der Waals surface area contributed by atoms with E-state index in [1.54, 1.807) is 29.2 Å². The lowest BCUT2D eigenvalue weighted by atomic mass is 10.0. The Morgan fingerprint density at radius 1 is 1.14 bits per heavy atom. The molecule has 1 saturated heterocycles. The molecule has 1 heterocycles. The van der Waals surface area contributed by atoms with Crippen LogP contribution in [0.25, 0.3) is 0 Å². The zero-order valence-electron chi connectivity index (χ0n) is 15.5. The Kier molecular flexibility index (Phi) is 6.82. The number of hydrogen-bond donors (Lipinski definition) is 1. The number of rotatable bonds is 6. The first-order valence-electron chi connectivity index (χ1n) is 9.14. The summed E-state index contributed by atoms with van der Waals surface area (Å²) < 4.78 is 13.8. The van der Waals surface area contributed by atoms with Gasteiger partial charge in [-0.1, -0.05) is 12.1 Å². The van der Waals surface area contributed by atoms with Crippen molar-refractivity contribution < 1.29 is 18.9 Å². The Bertz CT molecular complexity index is 899. The Labute approximate surface area is 171 Å². The third kappa shape index (κ3) is 5.54. The van der Waals surface area contributed by atoms with Gasteiger partial charge in [0.2, 0.25) is 5.91 Å². The summed E-state index contributed by atoms with van der Waals surface area (Å²) in [4.78, 5) is 37.2. The molecule has 0 aliphatic carbocycles. The first-order chi connectivity index (χ1) is 13.9. The first kappa shape index (κ1) is 20.8. The van der Waals surface area contributed by atoms with Gasteiger partial charge in [0, 0.05) is 36.2 Å². The maximum atomic E-state index is 13.8. The number of nitrogens with zero attached hydrogens (tertiary/aromatic N) is 2. The van der Waals surface area contributed by atoms with Crippen LogP contribution in [-0.2, 0) is 4.79 Å². The van der Waals surface area contributed by atoms with Crippen LogP contribution in [0, 0.1) is 15.9 Å². The number of likely N-dealkylation sites (tertiary alicyclic amines) is 1. The standard InChI is InChI=1S/C20H20FN3O4S/c21-18-4-2-1-3-17(18)20(26)23-11-9-14(10-12-23)22-19(25)13-29-16-7-5-15(6-8-16)24(27)28/h1-8,14H,9-13H2,(H,22,25). The quantitative estimate of drug-likeness (QED) is 0.443. The van der Waals surface area contributed by atoms with Gasteiger partial charge >= 0.3 is 0 Å². The van der Waals surface area contributed by atoms with Crippen LogP contribution in [0.15, 0.2) is 53.4 Å². The van der Waals surface area contributed by atoms with Crippen molar-refractivity contribution in [1.82, 2.24) is 10.2 Å². The van der Waals surface area contributed by atoms with E-state index in [9.17, 15) is 24.1 Å². The predicted octanol–water partition coefficient (Wildman–Crippen LogP) is 3.25. The molecule has 1 aliphatic heterocycles. The van der Waals surface area contributed by atoms with E-state index < -0.39 is 10.7 Å². The highest BCUT2D eigenvalue weighted by atomic mass is 32.2. The molecule has 7 nitrogen and oxygen atoms in total. The van der Waals surface area contributed by atoms with E-state index in [1.165, 1.54) is 36.0 Å². The van der Waals surface area contributed by atoms with Crippen LogP contribution >= 0.6 is 11.8 Å². The highest BCUT2D eigenvalue weighted by Crippen LogP contribution is 2.21. The molecule has 9 heteroatoms. The average Bonchev–Trinajstić information content (AvgIpc) is 2.73. The highest BCUT2D eigenvalue weighted by molar-refractivity contribution is 8.00. The number of nitro groups is 1. The van der Waals surface area contributed by atoms with Crippen LogP contribution in [0.5, 0.6) is 0 Å². The van der Waals surface area contributed by atoms with Gasteiger partial charge in [0.25, 0.3) is 11.6 Å². The van der Waals surface area contributed by atoms with Crippen molar-refractivity contribution in [3.05, 3.63) is 70.0 Å². The second-order valence-electron chi connectivity index (χ2n) is 6.65. The topological polar surface area (TPSA) is 92.5 Å². The molecule has 1 aliphatic rings. The largest absolute Gasteiger partial charge is 0.353 e. The lowest BCUT2D eigenvalue weighted by Crippen LogP contribution is -2.47. The van der Waals surface area contributed by atoms with Crippen molar-refractivity contribution in [3.8, 4) is 0 Å². The Balaban J connectivity index is 1.43. The lowest BCUT2D eigenvalue weighted by molar-refractivity contribution is -0.384. The van der Waals surface area contributed by atoms with E-state index in [1.807, 2.05) is 0 Å². The molecule has 152 valence electrons. The Morgan fingerprint density at radius 2 is 1.79 bits per heavy atom. The number of carbonyl (C=O) groups excluding carboxylic acids is 2. The second kappa shape index (κ2) is 9.51. The minimum Gasteiger partial charge on any atom is -0.353 e. The number of halogens is 1. The smallest absolute Gasteiger partial charge is 0.269 e. The molecule has 0 saturated carbocycles. The Hall–Kier alpha value is -2.94. The molecule has 1 N–H and O–H groups in total. The van der Waals surface area contributed by atoms with Crippen LogP contribution in [-0.4, -0.2) is 46.5 Å². The van der Waals surface area contributed by atoms with Gasteiger partial charge in [-0.2, -0.15) is 0 Å². The van der Waals surface area contributed by atoms with Gasteiger partial charge in [0.1, 0.15) is 5.82 Å². The number of carbonyl (C=O) groups is 2. The average molecular weight is 417 g/mol. The number of thioether (sulfide) groups is 1. The van der Waals surface area contributed by atoms with Crippen molar-refractivity contribution in [2.24, 2.45) is 0 Å². The number of piperidine rings is 1. The molecule has 3 rings (SSSR count). The van der Waals surface area contributed by atoms with E-state index in [0.717, 1.165) is 4.90 Å². The third-order valence-electron chi connectivity index (χ3n) is 4.67. The number of nitrogens with one attached hydrogen (secondary N) is 1. The highest BCUT2D eigenvalue weighted by Gasteiger charge is 2.25. The summed E-state index contributed by atoms with van der Waals surface area (Å²) in [6.45, 7) is 0.904. The molecule has 29 heavy (non-hydrogen) atoms. The molecule has 0 unspecified atom stereocenters. The molecule has 0 spiro atoms. The fraction of sp³-hybridized carbons (Fsp3) is 0.300. The summed E-state index contributed by atoms with van der Waals surface area (Å²) in [5, 5.41) is 13.6. The number of hydrogen-bond acceptors (Lipinski definition) is 5. The summed E-state index contributed by atoms with van der Waals surface area (Å²) in [5.74, 6) is -0.795. The van der Waals surface area contributed by atoms with Gasteiger partial charge in [0.15, 0.2) is 0 Å². The van der Waals surface area contributed by atoms with Gasteiger partial charge < -0.3 is 10.2 Å². The minimum absolute atomic E-state index is 0.00972. The maximum Gasteiger partial charge on any atom is 0.269 e. The normalized spacial score (nSPS) is 14.4. The monoisotopic (exact) mass is 417 g/mol. The summed E-state index contributed by atoms with van der Waals surface area (Å²) in [6.07, 6.45) is 1.21. The summed E-state index contributed by atoms with van der Waals surface area (Å²) in [7, 11) is 0. The fourth-order valence-electron chi connectivity index (χ4n) is 3.11. The van der Waals surface area contributed by atoms with E-state index in [2.05, 4.69) is 5.32 Å². The second-order valence-corrected chi connectivity index (χ2v) is 7.70. The lowest BCUT2D eigenvalue weighted by Gasteiger charge is -2.32. The number of amides is 2. The molecule has 0 bridgehead atoms. The van der Waals surface area contributed by atoms with E-state index >= 15 is 0 Å². The van der Waals surface area contributed by atoms with E-state index in [0.29, 0.717) is 25.9 Å². The third-order valence-corrected chi connectivity index (χ3v) is 5.68. The fourth-order valence-corrected chi connectivity index (χ4v) is 3.82. The summed E-state index contributed by atoms with van der Waals surface area (Å²) >= 11 is 1.30. The first-order valence-corrected chi connectivity index (χ1v) is 10.1. The van der Waals surface area contributed by atoms with Crippen LogP contribution < -0.4 is 5.32 Å². The molecular weight excluding hydrogens is 397 g/mol. The van der Waals surface area contributed by atoms with Gasteiger partial charge in [-0.3, -0.25) is 19.7 Å². The van der Waals surface area contributed by atoms with Crippen LogP contribution in [0.2, 0.25) is 0 Å². The van der Waals surface area contributed by atoms with Crippen molar-refractivity contribution in [3.63, 3.8) is 0 Å². The summed E-state index contributed by atoms with van der Waals surface area (Å²) in [5.41, 5.74) is 0.0741. The Morgan fingerprint density at radius 3 is 2.41 bits per heavy atom. The molecule has 2 aromatic rings. The van der Waals surface area contributed by atoms with Crippen molar-refractivity contribution in [1.29, 1.82) is 0 Å². The molecule has 0 atom stereocenters. The van der Waals surface area contributed by atoms with Gasteiger partial charge in [-0.25, -0.2) is 4.39 Å². The zero-order valence-corrected chi connectivity index (χ0v) is 16.4. The van der Waals surface area contributed by atoms with Crippen LogP contribution in [0.3, 0.4) is 0 Å². The van der Waals surface area contributed by atoms with Gasteiger partial charge in [-0.05, 0) is 37.1 Å². The molecular formula is C20H20FN3O4S. The van der Waals surface area contributed by atoms with Crippen molar-refractivity contribution >= 4 is 29.3 Å². The van der Waals surface area contributed by atoms with Crippen molar-refractivity contribution in [2.75, 3.05) is 18.8 Å². The molecule has 1 fully saturated rings. The SMILES string of the molecule is O=C(CSc1ccc([N+](=O)[O-])cc1)NC1CCN(C(=O)c2ccccc2F)CC1. The summed E-state index contributed by atoms with van der Waals surface area (Å²) in [6, 6.07) is 11.9. The number of nitro benzene ring substituents is 1. The predicted molar refractivity (Wildman–Crippen MR) is 107 cm³/mol. The van der Waals surface area contributed by atoms with Crippen LogP contribution in [0.4, 0.5) is 10.1 Å². The van der Waals surface area contributed by atoms with Gasteiger partial charge in [-0.15, -0.1) is 11.8 Å². The van der Waals surface area contributed by atoms with Gasteiger partial charge in [0.05, 0.1) is 16.2 Å². The number of benzene rings is 2. The van der Waals surface area contributed by atoms with E-state index in [4.69, 9.17) is 0 Å². The minimum atomic E-state index is -0.531. The van der Waals surface area contributed by atoms with Crippen LogP contribution in [0.1, 0.15) is 23.2 Å². The molecule has 0 aromatic heterocycles. The van der Waals surface area contributed by atoms with Crippen molar-refractivity contribution in [2.45, 2.75) is 23.8 Å². The van der Waals surface area contributed by atoms with E-state index in [-0.39, 0.29) is 34.9 Å². The number of non-ortho nitro benzene ring substituents is 1.